The number of hydrogen-bond donors (Lipinski definition) is 2. The molecule has 0 radical (unpaired) electrons. The second-order valence-electron chi connectivity index (χ2n) is 5.21. The highest BCUT2D eigenvalue weighted by molar-refractivity contribution is 6.48. The van der Waals surface area contributed by atoms with E-state index in [0.717, 1.165) is 11.1 Å². The molecule has 0 saturated carbocycles. The first-order chi connectivity index (χ1) is 11.1. The first-order valence-electron chi connectivity index (χ1n) is 7.16. The number of H-pyrrole nitrogens is 1. The second-order valence-corrected chi connectivity index (χ2v) is 5.21. The predicted octanol–water partition coefficient (Wildman–Crippen LogP) is 3.31. The fourth-order valence-corrected chi connectivity index (χ4v) is 2.43. The van der Waals surface area contributed by atoms with E-state index in [9.17, 15) is 9.59 Å². The molecule has 0 atom stereocenters. The highest BCUT2D eigenvalue weighted by Crippen LogP contribution is 2.24. The van der Waals surface area contributed by atoms with Crippen LogP contribution < -0.4 is 10.1 Å². The number of amides is 1. The summed E-state index contributed by atoms with van der Waals surface area (Å²) in [6, 6.07) is 12.7. The van der Waals surface area contributed by atoms with E-state index in [1.807, 2.05) is 31.2 Å². The van der Waals surface area contributed by atoms with E-state index in [-0.39, 0.29) is 0 Å². The summed E-state index contributed by atoms with van der Waals surface area (Å²) in [4.78, 5) is 27.7. The molecular formula is C18H16N2O3. The van der Waals surface area contributed by atoms with Gasteiger partial charge in [0.25, 0.3) is 11.7 Å². The van der Waals surface area contributed by atoms with Gasteiger partial charge in [0.1, 0.15) is 5.75 Å². The highest BCUT2D eigenvalue weighted by atomic mass is 16.5. The summed E-state index contributed by atoms with van der Waals surface area (Å²) in [6.07, 6.45) is 1.55. The predicted molar refractivity (Wildman–Crippen MR) is 89.0 cm³/mol. The fourth-order valence-electron chi connectivity index (χ4n) is 2.43. The van der Waals surface area contributed by atoms with Crippen LogP contribution in [0.4, 0.5) is 5.69 Å². The summed E-state index contributed by atoms with van der Waals surface area (Å²) in [5, 5.41) is 3.32. The molecule has 2 aromatic carbocycles. The molecule has 0 unspecified atom stereocenters. The zero-order valence-corrected chi connectivity index (χ0v) is 12.8. The van der Waals surface area contributed by atoms with Crippen molar-refractivity contribution >= 4 is 28.3 Å². The van der Waals surface area contributed by atoms with Gasteiger partial charge in [-0.1, -0.05) is 18.2 Å². The van der Waals surface area contributed by atoms with E-state index < -0.39 is 11.7 Å². The molecule has 3 rings (SSSR count). The van der Waals surface area contributed by atoms with Crippen LogP contribution >= 0.6 is 0 Å². The van der Waals surface area contributed by atoms with Crippen LogP contribution in [0.25, 0.3) is 10.9 Å². The van der Waals surface area contributed by atoms with Gasteiger partial charge in [0, 0.05) is 22.8 Å². The number of ketones is 1. The Balaban J connectivity index is 1.91. The van der Waals surface area contributed by atoms with E-state index in [4.69, 9.17) is 4.74 Å². The normalized spacial score (nSPS) is 10.5. The molecule has 1 amide bonds. The molecular weight excluding hydrogens is 292 g/mol. The Morgan fingerprint density at radius 2 is 1.91 bits per heavy atom. The molecule has 5 nitrogen and oxygen atoms in total. The standard InChI is InChI=1S/C18H16N2O3/c1-11-5-3-4-6-15(11)20-18(22)17(21)14-10-19-16-8-7-12(23-2)9-13(14)16/h3-10,19H,1-2H3,(H,20,22). The van der Waals surface area contributed by atoms with E-state index in [1.165, 1.54) is 0 Å². The molecule has 1 aromatic heterocycles. The quantitative estimate of drug-likeness (QED) is 0.574. The van der Waals surface area contributed by atoms with Gasteiger partial charge in [0.15, 0.2) is 0 Å². The Hall–Kier alpha value is -3.08. The van der Waals surface area contributed by atoms with Crippen LogP contribution in [0.5, 0.6) is 5.75 Å². The van der Waals surface area contributed by atoms with Gasteiger partial charge in [0.2, 0.25) is 0 Å². The number of fused-ring (bicyclic) bond motifs is 1. The Bertz CT molecular complexity index is 896. The lowest BCUT2D eigenvalue weighted by Crippen LogP contribution is -2.23. The lowest BCUT2D eigenvalue weighted by molar-refractivity contribution is -0.112. The van der Waals surface area contributed by atoms with Crippen molar-refractivity contribution in [1.82, 2.24) is 4.98 Å². The van der Waals surface area contributed by atoms with Crippen molar-refractivity contribution in [3.8, 4) is 5.75 Å². The molecule has 0 bridgehead atoms. The van der Waals surface area contributed by atoms with E-state index in [0.29, 0.717) is 22.4 Å². The molecule has 0 fully saturated rings. The third kappa shape index (κ3) is 2.81. The lowest BCUT2D eigenvalue weighted by Gasteiger charge is -2.07. The Morgan fingerprint density at radius 3 is 2.65 bits per heavy atom. The number of aromatic nitrogens is 1. The van der Waals surface area contributed by atoms with Crippen LogP contribution in [0.3, 0.4) is 0 Å². The van der Waals surface area contributed by atoms with Crippen molar-refractivity contribution in [2.24, 2.45) is 0 Å². The second kappa shape index (κ2) is 5.96. The smallest absolute Gasteiger partial charge is 0.296 e. The molecule has 23 heavy (non-hydrogen) atoms. The number of ether oxygens (including phenoxy) is 1. The number of benzene rings is 2. The van der Waals surface area contributed by atoms with Crippen molar-refractivity contribution in [3.05, 3.63) is 59.8 Å². The van der Waals surface area contributed by atoms with E-state index in [2.05, 4.69) is 10.3 Å². The van der Waals surface area contributed by atoms with Crippen molar-refractivity contribution < 1.29 is 14.3 Å². The summed E-state index contributed by atoms with van der Waals surface area (Å²) < 4.78 is 5.17. The van der Waals surface area contributed by atoms with Crippen LogP contribution in [0.1, 0.15) is 15.9 Å². The molecule has 0 aliphatic rings. The number of aryl methyl sites for hydroxylation is 1. The summed E-state index contributed by atoms with van der Waals surface area (Å²) in [5.41, 5.74) is 2.63. The zero-order chi connectivity index (χ0) is 16.4. The zero-order valence-electron chi connectivity index (χ0n) is 12.8. The van der Waals surface area contributed by atoms with Crippen LogP contribution in [0.2, 0.25) is 0 Å². The number of nitrogens with one attached hydrogen (secondary N) is 2. The number of aromatic amines is 1. The van der Waals surface area contributed by atoms with Gasteiger partial charge in [-0.3, -0.25) is 9.59 Å². The summed E-state index contributed by atoms with van der Waals surface area (Å²) >= 11 is 0. The topological polar surface area (TPSA) is 71.2 Å². The maximum atomic E-state index is 12.5. The molecule has 3 aromatic rings. The summed E-state index contributed by atoms with van der Waals surface area (Å²) in [6.45, 7) is 1.87. The van der Waals surface area contributed by atoms with Gasteiger partial charge in [0.05, 0.1) is 12.7 Å². The van der Waals surface area contributed by atoms with Crippen molar-refractivity contribution in [2.75, 3.05) is 12.4 Å². The van der Waals surface area contributed by atoms with E-state index >= 15 is 0 Å². The number of anilines is 1. The number of para-hydroxylation sites is 1. The number of Topliss-reactive ketones (excluding diaryl/α,β-unsaturated/α-hetero) is 1. The number of carbonyl (C=O) groups is 2. The number of methoxy groups -OCH3 is 1. The van der Waals surface area contributed by atoms with E-state index in [1.54, 1.807) is 31.5 Å². The molecule has 0 saturated heterocycles. The molecule has 116 valence electrons. The van der Waals surface area contributed by atoms with Crippen LogP contribution in [-0.2, 0) is 4.79 Å². The maximum absolute atomic E-state index is 12.5. The first kappa shape index (κ1) is 14.8. The number of hydrogen-bond acceptors (Lipinski definition) is 3. The van der Waals surface area contributed by atoms with Gasteiger partial charge in [-0.25, -0.2) is 0 Å². The van der Waals surface area contributed by atoms with Gasteiger partial charge in [-0.15, -0.1) is 0 Å². The first-order valence-corrected chi connectivity index (χ1v) is 7.16. The number of carbonyl (C=O) groups excluding carboxylic acids is 2. The van der Waals surface area contributed by atoms with Gasteiger partial charge in [-0.05, 0) is 36.8 Å². The van der Waals surface area contributed by atoms with Crippen LogP contribution in [0, 0.1) is 6.92 Å². The SMILES string of the molecule is COc1ccc2[nH]cc(C(=O)C(=O)Nc3ccccc3C)c2c1. The van der Waals surface area contributed by atoms with Crippen LogP contribution in [-0.4, -0.2) is 23.8 Å². The third-order valence-corrected chi connectivity index (χ3v) is 3.73. The highest BCUT2D eigenvalue weighted by Gasteiger charge is 2.20. The van der Waals surface area contributed by atoms with Gasteiger partial charge < -0.3 is 15.0 Å². The minimum absolute atomic E-state index is 0.324. The Labute approximate surface area is 133 Å². The molecule has 0 aliphatic heterocycles. The third-order valence-electron chi connectivity index (χ3n) is 3.73. The van der Waals surface area contributed by atoms with Crippen LogP contribution in [0.15, 0.2) is 48.7 Å². The van der Waals surface area contributed by atoms with Gasteiger partial charge >= 0.3 is 0 Å². The largest absolute Gasteiger partial charge is 0.497 e. The average molecular weight is 308 g/mol. The molecule has 0 aliphatic carbocycles. The Kier molecular flexibility index (Phi) is 3.85. The summed E-state index contributed by atoms with van der Waals surface area (Å²) in [7, 11) is 1.56. The van der Waals surface area contributed by atoms with Gasteiger partial charge in [-0.2, -0.15) is 0 Å². The van der Waals surface area contributed by atoms with Crippen molar-refractivity contribution in [1.29, 1.82) is 0 Å². The molecule has 2 N–H and O–H groups in total. The fraction of sp³-hybridized carbons (Fsp3) is 0.111. The maximum Gasteiger partial charge on any atom is 0.296 e. The van der Waals surface area contributed by atoms with Crippen molar-refractivity contribution in [2.45, 2.75) is 6.92 Å². The molecule has 5 heteroatoms. The minimum atomic E-state index is -0.664. The minimum Gasteiger partial charge on any atom is -0.497 e. The monoisotopic (exact) mass is 308 g/mol. The summed E-state index contributed by atoms with van der Waals surface area (Å²) in [5.74, 6) is -0.624. The average Bonchev–Trinajstić information content (AvgIpc) is 2.99. The van der Waals surface area contributed by atoms with Crippen molar-refractivity contribution in [3.63, 3.8) is 0 Å². The Morgan fingerprint density at radius 1 is 1.13 bits per heavy atom. The molecule has 1 heterocycles. The molecule has 0 spiro atoms. The lowest BCUT2D eigenvalue weighted by atomic mass is 10.1. The number of rotatable bonds is 4.